The zero-order valence-electron chi connectivity index (χ0n) is 17.7. The monoisotopic (exact) mass is 415 g/mol. The predicted octanol–water partition coefficient (Wildman–Crippen LogP) is 3.79. The first-order valence-electron chi connectivity index (χ1n) is 10.4. The maximum atomic E-state index is 5.87. The lowest BCUT2D eigenvalue weighted by molar-refractivity contribution is 0.289. The second-order valence-electron chi connectivity index (χ2n) is 8.05. The first kappa shape index (κ1) is 19.3. The average molecular weight is 416 g/mol. The van der Waals surface area contributed by atoms with Crippen molar-refractivity contribution in [3.63, 3.8) is 0 Å². The van der Waals surface area contributed by atoms with Crippen molar-refractivity contribution >= 4 is 17.3 Å². The van der Waals surface area contributed by atoms with Gasteiger partial charge in [0.25, 0.3) is 0 Å². The summed E-state index contributed by atoms with van der Waals surface area (Å²) in [5, 5.41) is 3.31. The number of hydrogen-bond acceptors (Lipinski definition) is 7. The number of pyridine rings is 2. The van der Waals surface area contributed by atoms with E-state index in [-0.39, 0.29) is 0 Å². The SMILES string of the molecule is Cc1cc(N)nc(C)c1CNc1cc(OCc2cn3cc(C4CC4)ccc3n2)ncn1. The fraction of sp³-hybridized carbons (Fsp3) is 0.304. The van der Waals surface area contributed by atoms with Crippen LogP contribution in [0.3, 0.4) is 0 Å². The predicted molar refractivity (Wildman–Crippen MR) is 119 cm³/mol. The van der Waals surface area contributed by atoms with Gasteiger partial charge in [-0.25, -0.2) is 19.9 Å². The molecule has 0 unspecified atom stereocenters. The van der Waals surface area contributed by atoms with Gasteiger partial charge in [0, 0.05) is 30.7 Å². The molecule has 4 aromatic heterocycles. The summed E-state index contributed by atoms with van der Waals surface area (Å²) in [6.07, 6.45) is 8.25. The van der Waals surface area contributed by atoms with Crippen LogP contribution in [0.1, 0.15) is 46.8 Å². The van der Waals surface area contributed by atoms with Gasteiger partial charge in [0.15, 0.2) is 0 Å². The van der Waals surface area contributed by atoms with E-state index in [0.717, 1.165) is 34.1 Å². The standard InChI is InChI=1S/C23H25N7O/c1-14-7-20(24)28-15(2)19(14)9-25-21-8-23(27-13-26-21)31-12-18-11-30-10-17(16-3-4-16)5-6-22(30)29-18/h5-8,10-11,13,16H,3-4,9,12H2,1-2H3,(H2,24,28)(H,25,26,27). The van der Waals surface area contributed by atoms with Gasteiger partial charge < -0.3 is 20.2 Å². The highest BCUT2D eigenvalue weighted by molar-refractivity contribution is 5.44. The van der Waals surface area contributed by atoms with E-state index in [1.54, 1.807) is 6.07 Å². The van der Waals surface area contributed by atoms with Crippen LogP contribution in [0.25, 0.3) is 5.65 Å². The summed E-state index contributed by atoms with van der Waals surface area (Å²) in [7, 11) is 0. The van der Waals surface area contributed by atoms with Gasteiger partial charge in [-0.05, 0) is 61.4 Å². The molecule has 0 saturated heterocycles. The summed E-state index contributed by atoms with van der Waals surface area (Å²) in [6, 6.07) is 7.91. The highest BCUT2D eigenvalue weighted by Gasteiger charge is 2.23. The summed E-state index contributed by atoms with van der Waals surface area (Å²) >= 11 is 0. The quantitative estimate of drug-likeness (QED) is 0.473. The fourth-order valence-electron chi connectivity index (χ4n) is 3.79. The number of imidazole rings is 1. The molecule has 31 heavy (non-hydrogen) atoms. The second kappa shape index (κ2) is 7.86. The van der Waals surface area contributed by atoms with Crippen molar-refractivity contribution in [2.45, 2.75) is 45.8 Å². The van der Waals surface area contributed by atoms with Gasteiger partial charge in [-0.2, -0.15) is 0 Å². The Morgan fingerprint density at radius 3 is 2.81 bits per heavy atom. The van der Waals surface area contributed by atoms with Crippen LogP contribution in [0, 0.1) is 13.8 Å². The third-order valence-electron chi connectivity index (χ3n) is 5.60. The Hall–Kier alpha value is -3.68. The van der Waals surface area contributed by atoms with Crippen LogP contribution in [0.5, 0.6) is 5.88 Å². The molecular weight excluding hydrogens is 390 g/mol. The largest absolute Gasteiger partial charge is 0.471 e. The molecule has 158 valence electrons. The maximum absolute atomic E-state index is 5.87. The van der Waals surface area contributed by atoms with E-state index < -0.39 is 0 Å². The van der Waals surface area contributed by atoms with Gasteiger partial charge >= 0.3 is 0 Å². The summed E-state index contributed by atoms with van der Waals surface area (Å²) in [6.45, 7) is 4.92. The second-order valence-corrected chi connectivity index (χ2v) is 8.05. The number of hydrogen-bond donors (Lipinski definition) is 2. The Kier molecular flexibility index (Phi) is 4.89. The van der Waals surface area contributed by atoms with Gasteiger partial charge in [0.1, 0.15) is 30.2 Å². The normalized spacial score (nSPS) is 13.5. The molecule has 0 bridgehead atoms. The minimum Gasteiger partial charge on any atom is -0.471 e. The van der Waals surface area contributed by atoms with E-state index in [0.29, 0.717) is 30.7 Å². The molecular formula is C23H25N7O. The van der Waals surface area contributed by atoms with Crippen LogP contribution in [0.4, 0.5) is 11.6 Å². The van der Waals surface area contributed by atoms with Crippen LogP contribution in [0.2, 0.25) is 0 Å². The molecule has 3 N–H and O–H groups in total. The molecule has 1 aliphatic rings. The number of nitrogens with zero attached hydrogens (tertiary/aromatic N) is 5. The Morgan fingerprint density at radius 2 is 2.00 bits per heavy atom. The average Bonchev–Trinajstić information content (AvgIpc) is 3.51. The zero-order chi connectivity index (χ0) is 21.4. The number of rotatable bonds is 7. The van der Waals surface area contributed by atoms with Crippen molar-refractivity contribution in [2.75, 3.05) is 11.1 Å². The molecule has 0 atom stereocenters. The number of nitrogen functional groups attached to an aromatic ring is 1. The molecule has 0 aromatic carbocycles. The third-order valence-corrected chi connectivity index (χ3v) is 5.60. The van der Waals surface area contributed by atoms with Crippen LogP contribution in [-0.2, 0) is 13.2 Å². The van der Waals surface area contributed by atoms with Gasteiger partial charge in [0.2, 0.25) is 5.88 Å². The lowest BCUT2D eigenvalue weighted by atomic mass is 10.1. The van der Waals surface area contributed by atoms with Gasteiger partial charge in [-0.1, -0.05) is 6.07 Å². The molecule has 0 radical (unpaired) electrons. The maximum Gasteiger partial charge on any atom is 0.218 e. The highest BCUT2D eigenvalue weighted by Crippen LogP contribution is 2.39. The topological polar surface area (TPSA) is 103 Å². The lowest BCUT2D eigenvalue weighted by Crippen LogP contribution is -2.08. The van der Waals surface area contributed by atoms with E-state index >= 15 is 0 Å². The van der Waals surface area contributed by atoms with Gasteiger partial charge in [0.05, 0.1) is 5.69 Å². The minimum atomic E-state index is 0.344. The van der Waals surface area contributed by atoms with E-state index in [2.05, 4.69) is 48.0 Å². The molecule has 5 rings (SSSR count). The van der Waals surface area contributed by atoms with E-state index in [1.807, 2.05) is 26.1 Å². The van der Waals surface area contributed by atoms with Crippen molar-refractivity contribution in [3.05, 3.63) is 71.1 Å². The summed E-state index contributed by atoms with van der Waals surface area (Å²) in [4.78, 5) is 17.5. The van der Waals surface area contributed by atoms with E-state index in [1.165, 1.54) is 24.7 Å². The highest BCUT2D eigenvalue weighted by atomic mass is 16.5. The van der Waals surface area contributed by atoms with Crippen molar-refractivity contribution in [1.29, 1.82) is 0 Å². The number of aryl methyl sites for hydroxylation is 2. The van der Waals surface area contributed by atoms with E-state index in [9.17, 15) is 0 Å². The first-order valence-corrected chi connectivity index (χ1v) is 10.4. The Balaban J connectivity index is 1.24. The van der Waals surface area contributed by atoms with Crippen molar-refractivity contribution in [3.8, 4) is 5.88 Å². The Morgan fingerprint density at radius 1 is 1.13 bits per heavy atom. The van der Waals surface area contributed by atoms with Crippen molar-refractivity contribution in [2.24, 2.45) is 0 Å². The van der Waals surface area contributed by atoms with Crippen LogP contribution in [0.15, 0.2) is 43.0 Å². The number of fused-ring (bicyclic) bond motifs is 1. The molecule has 8 heteroatoms. The number of nitrogens with two attached hydrogens (primary N) is 1. The number of anilines is 2. The molecule has 4 aromatic rings. The van der Waals surface area contributed by atoms with Crippen LogP contribution in [-0.4, -0.2) is 24.3 Å². The van der Waals surface area contributed by atoms with E-state index in [4.69, 9.17) is 10.5 Å². The molecule has 8 nitrogen and oxygen atoms in total. The van der Waals surface area contributed by atoms with Crippen molar-refractivity contribution < 1.29 is 4.74 Å². The summed E-state index contributed by atoms with van der Waals surface area (Å²) in [5.74, 6) is 2.43. The summed E-state index contributed by atoms with van der Waals surface area (Å²) in [5.41, 5.74) is 12.1. The lowest BCUT2D eigenvalue weighted by Gasteiger charge is -2.12. The smallest absolute Gasteiger partial charge is 0.218 e. The molecule has 1 aliphatic carbocycles. The Labute approximate surface area is 180 Å². The van der Waals surface area contributed by atoms with Crippen molar-refractivity contribution in [1.82, 2.24) is 24.3 Å². The summed E-state index contributed by atoms with van der Waals surface area (Å²) < 4.78 is 7.95. The third kappa shape index (κ3) is 4.28. The fourth-order valence-corrected chi connectivity index (χ4v) is 3.79. The molecule has 1 fully saturated rings. The number of aromatic nitrogens is 5. The molecule has 0 spiro atoms. The van der Waals surface area contributed by atoms with Crippen LogP contribution < -0.4 is 15.8 Å². The Bertz CT molecular complexity index is 1220. The number of ether oxygens (including phenoxy) is 1. The molecule has 1 saturated carbocycles. The number of nitrogens with one attached hydrogen (secondary N) is 1. The van der Waals surface area contributed by atoms with Gasteiger partial charge in [-0.3, -0.25) is 0 Å². The molecule has 0 amide bonds. The first-order chi connectivity index (χ1) is 15.0. The minimum absolute atomic E-state index is 0.344. The van der Waals surface area contributed by atoms with Crippen LogP contribution >= 0.6 is 0 Å². The molecule has 4 heterocycles. The van der Waals surface area contributed by atoms with Gasteiger partial charge in [-0.15, -0.1) is 0 Å². The zero-order valence-corrected chi connectivity index (χ0v) is 17.7. The molecule has 0 aliphatic heterocycles.